The number of nitrogens with one attached hydrogen (secondary N) is 1. The molecule has 2 heteroatoms. The van der Waals surface area contributed by atoms with Gasteiger partial charge in [-0.25, -0.2) is 0 Å². The zero-order valence-corrected chi connectivity index (χ0v) is 11.1. The Bertz CT molecular complexity index is 360. The second kappa shape index (κ2) is 6.06. The van der Waals surface area contributed by atoms with Crippen molar-refractivity contribution in [3.05, 3.63) is 29.3 Å². The van der Waals surface area contributed by atoms with E-state index in [0.29, 0.717) is 0 Å². The first-order chi connectivity index (χ1) is 8.36. The van der Waals surface area contributed by atoms with E-state index in [9.17, 15) is 0 Å². The van der Waals surface area contributed by atoms with Crippen molar-refractivity contribution in [2.75, 3.05) is 24.5 Å². The monoisotopic (exact) mass is 232 g/mol. The Morgan fingerprint density at radius 3 is 2.94 bits per heavy atom. The molecule has 1 heterocycles. The lowest BCUT2D eigenvalue weighted by molar-refractivity contribution is 0.638. The van der Waals surface area contributed by atoms with Crippen LogP contribution in [0.5, 0.6) is 0 Å². The molecule has 1 N–H and O–H groups in total. The van der Waals surface area contributed by atoms with Gasteiger partial charge in [0, 0.05) is 25.3 Å². The van der Waals surface area contributed by atoms with Crippen molar-refractivity contribution in [3.8, 4) is 0 Å². The summed E-state index contributed by atoms with van der Waals surface area (Å²) in [5.41, 5.74) is 4.54. The van der Waals surface area contributed by atoms with Gasteiger partial charge in [0.05, 0.1) is 0 Å². The van der Waals surface area contributed by atoms with Crippen LogP contribution in [-0.2, 0) is 13.0 Å². The molecule has 1 aromatic rings. The zero-order chi connectivity index (χ0) is 12.1. The SMILES string of the molecule is CCCCN(CC)c1cccc2c1CCNC2. The normalized spacial score (nSPS) is 14.5. The molecule has 0 saturated carbocycles. The molecule has 2 rings (SSSR count). The van der Waals surface area contributed by atoms with Gasteiger partial charge in [-0.05, 0) is 43.5 Å². The molecule has 0 aliphatic carbocycles. The van der Waals surface area contributed by atoms with Crippen LogP contribution < -0.4 is 10.2 Å². The lowest BCUT2D eigenvalue weighted by Gasteiger charge is -2.29. The highest BCUT2D eigenvalue weighted by Crippen LogP contribution is 2.26. The summed E-state index contributed by atoms with van der Waals surface area (Å²) in [7, 11) is 0. The second-order valence-electron chi connectivity index (χ2n) is 4.77. The second-order valence-corrected chi connectivity index (χ2v) is 4.77. The van der Waals surface area contributed by atoms with Crippen LogP contribution in [0.25, 0.3) is 0 Å². The largest absolute Gasteiger partial charge is 0.372 e. The summed E-state index contributed by atoms with van der Waals surface area (Å²) < 4.78 is 0. The number of anilines is 1. The minimum Gasteiger partial charge on any atom is -0.372 e. The number of fused-ring (bicyclic) bond motifs is 1. The number of unbranched alkanes of at least 4 members (excludes halogenated alkanes) is 1. The van der Waals surface area contributed by atoms with Gasteiger partial charge in [0.1, 0.15) is 0 Å². The Morgan fingerprint density at radius 1 is 1.29 bits per heavy atom. The minimum atomic E-state index is 1.04. The van der Waals surface area contributed by atoms with Crippen molar-refractivity contribution < 1.29 is 0 Å². The summed E-state index contributed by atoms with van der Waals surface area (Å²) in [5, 5.41) is 3.45. The van der Waals surface area contributed by atoms with E-state index < -0.39 is 0 Å². The van der Waals surface area contributed by atoms with Crippen LogP contribution in [0.3, 0.4) is 0 Å². The zero-order valence-electron chi connectivity index (χ0n) is 11.1. The van der Waals surface area contributed by atoms with E-state index >= 15 is 0 Å². The minimum absolute atomic E-state index is 1.04. The maximum absolute atomic E-state index is 3.45. The predicted molar refractivity (Wildman–Crippen MR) is 74.6 cm³/mol. The Kier molecular flexibility index (Phi) is 4.43. The van der Waals surface area contributed by atoms with E-state index in [1.54, 1.807) is 5.56 Å². The fourth-order valence-electron chi connectivity index (χ4n) is 2.61. The summed E-state index contributed by atoms with van der Waals surface area (Å²) in [6, 6.07) is 6.76. The van der Waals surface area contributed by atoms with Gasteiger partial charge in [-0.3, -0.25) is 0 Å². The third-order valence-electron chi connectivity index (χ3n) is 3.62. The number of rotatable bonds is 5. The maximum Gasteiger partial charge on any atom is 0.0402 e. The smallest absolute Gasteiger partial charge is 0.0402 e. The summed E-state index contributed by atoms with van der Waals surface area (Å²) >= 11 is 0. The summed E-state index contributed by atoms with van der Waals surface area (Å²) in [6.45, 7) is 8.99. The first-order valence-corrected chi connectivity index (χ1v) is 6.93. The van der Waals surface area contributed by atoms with Crippen LogP contribution in [0.15, 0.2) is 18.2 Å². The molecule has 0 aromatic heterocycles. The molecular weight excluding hydrogens is 208 g/mol. The van der Waals surface area contributed by atoms with E-state index in [2.05, 4.69) is 42.3 Å². The lowest BCUT2D eigenvalue weighted by Crippen LogP contribution is -2.29. The van der Waals surface area contributed by atoms with Gasteiger partial charge in [0.2, 0.25) is 0 Å². The van der Waals surface area contributed by atoms with Crippen LogP contribution in [0.4, 0.5) is 5.69 Å². The van der Waals surface area contributed by atoms with Crippen molar-refractivity contribution in [2.45, 2.75) is 39.7 Å². The van der Waals surface area contributed by atoms with E-state index in [4.69, 9.17) is 0 Å². The summed E-state index contributed by atoms with van der Waals surface area (Å²) in [4.78, 5) is 2.54. The summed E-state index contributed by atoms with van der Waals surface area (Å²) in [6.07, 6.45) is 3.73. The molecule has 0 unspecified atom stereocenters. The van der Waals surface area contributed by atoms with E-state index in [0.717, 1.165) is 19.6 Å². The topological polar surface area (TPSA) is 15.3 Å². The molecule has 0 radical (unpaired) electrons. The molecule has 0 saturated heterocycles. The van der Waals surface area contributed by atoms with Gasteiger partial charge in [0.15, 0.2) is 0 Å². The molecule has 94 valence electrons. The Hall–Kier alpha value is -1.02. The first-order valence-electron chi connectivity index (χ1n) is 6.93. The van der Waals surface area contributed by atoms with Crippen molar-refractivity contribution in [1.82, 2.24) is 5.32 Å². The molecule has 0 fully saturated rings. The highest BCUT2D eigenvalue weighted by molar-refractivity contribution is 5.57. The van der Waals surface area contributed by atoms with Crippen LogP contribution in [0, 0.1) is 0 Å². The standard InChI is InChI=1S/C15H24N2/c1-3-5-11-17(4-2)15-8-6-7-13-12-16-10-9-14(13)15/h6-8,16H,3-5,9-12H2,1-2H3. The van der Waals surface area contributed by atoms with Gasteiger partial charge >= 0.3 is 0 Å². The number of benzene rings is 1. The number of hydrogen-bond donors (Lipinski definition) is 1. The van der Waals surface area contributed by atoms with E-state index in [1.807, 2.05) is 0 Å². The Labute approximate surface area is 105 Å². The molecular formula is C15H24N2. The number of hydrogen-bond acceptors (Lipinski definition) is 2. The molecule has 2 nitrogen and oxygen atoms in total. The average molecular weight is 232 g/mol. The van der Waals surface area contributed by atoms with Crippen LogP contribution in [-0.4, -0.2) is 19.6 Å². The van der Waals surface area contributed by atoms with Crippen molar-refractivity contribution in [1.29, 1.82) is 0 Å². The van der Waals surface area contributed by atoms with E-state index in [1.165, 1.54) is 37.1 Å². The molecule has 1 aliphatic rings. The first kappa shape index (κ1) is 12.4. The molecule has 1 aliphatic heterocycles. The molecule has 1 aromatic carbocycles. The van der Waals surface area contributed by atoms with Gasteiger partial charge in [-0.2, -0.15) is 0 Å². The van der Waals surface area contributed by atoms with Crippen LogP contribution in [0.1, 0.15) is 37.8 Å². The molecule has 17 heavy (non-hydrogen) atoms. The van der Waals surface area contributed by atoms with Crippen molar-refractivity contribution >= 4 is 5.69 Å². The Balaban J connectivity index is 2.23. The maximum atomic E-state index is 3.45. The summed E-state index contributed by atoms with van der Waals surface area (Å²) in [5.74, 6) is 0. The molecule has 0 spiro atoms. The van der Waals surface area contributed by atoms with Crippen LogP contribution >= 0.6 is 0 Å². The van der Waals surface area contributed by atoms with E-state index in [-0.39, 0.29) is 0 Å². The van der Waals surface area contributed by atoms with Crippen LogP contribution in [0.2, 0.25) is 0 Å². The van der Waals surface area contributed by atoms with Gasteiger partial charge in [-0.15, -0.1) is 0 Å². The highest BCUT2D eigenvalue weighted by Gasteiger charge is 2.15. The van der Waals surface area contributed by atoms with Crippen molar-refractivity contribution in [3.63, 3.8) is 0 Å². The lowest BCUT2D eigenvalue weighted by atomic mass is 9.98. The van der Waals surface area contributed by atoms with Gasteiger partial charge in [-0.1, -0.05) is 25.5 Å². The third-order valence-corrected chi connectivity index (χ3v) is 3.62. The van der Waals surface area contributed by atoms with Crippen molar-refractivity contribution in [2.24, 2.45) is 0 Å². The molecule has 0 atom stereocenters. The predicted octanol–water partition coefficient (Wildman–Crippen LogP) is 2.96. The fraction of sp³-hybridized carbons (Fsp3) is 0.600. The molecule has 0 amide bonds. The fourth-order valence-corrected chi connectivity index (χ4v) is 2.61. The molecule has 0 bridgehead atoms. The quantitative estimate of drug-likeness (QED) is 0.839. The van der Waals surface area contributed by atoms with Gasteiger partial charge < -0.3 is 10.2 Å². The van der Waals surface area contributed by atoms with Gasteiger partial charge in [0.25, 0.3) is 0 Å². The Morgan fingerprint density at radius 2 is 2.18 bits per heavy atom. The average Bonchev–Trinajstić information content (AvgIpc) is 2.40. The highest BCUT2D eigenvalue weighted by atomic mass is 15.1. The number of nitrogens with zero attached hydrogens (tertiary/aromatic N) is 1. The third kappa shape index (κ3) is 2.81.